The zero-order chi connectivity index (χ0) is 67.5. The third-order valence-corrected chi connectivity index (χ3v) is 16.1. The van der Waals surface area contributed by atoms with Crippen molar-refractivity contribution in [1.29, 1.82) is 0 Å². The Balaban J connectivity index is 4.10. The van der Waals surface area contributed by atoms with Gasteiger partial charge in [0.25, 0.3) is 6.29 Å². The van der Waals surface area contributed by atoms with Crippen LogP contribution in [0.5, 0.6) is 0 Å². The molecule has 530 valence electrons. The van der Waals surface area contributed by atoms with Gasteiger partial charge in [-0.3, -0.25) is 9.59 Å². The van der Waals surface area contributed by atoms with E-state index in [4.69, 9.17) is 18.9 Å². The van der Waals surface area contributed by atoms with Gasteiger partial charge in [-0.25, -0.2) is 4.79 Å². The van der Waals surface area contributed by atoms with Gasteiger partial charge in [-0.15, -0.1) is 0 Å². The summed E-state index contributed by atoms with van der Waals surface area (Å²) in [5.74, 6) is -2.01. The Morgan fingerprint density at radius 3 is 0.860 bits per heavy atom. The van der Waals surface area contributed by atoms with Gasteiger partial charge >= 0.3 is 17.9 Å². The smallest absolute Gasteiger partial charge is 0.361 e. The van der Waals surface area contributed by atoms with E-state index in [1.165, 1.54) is 154 Å². The van der Waals surface area contributed by atoms with Crippen LogP contribution >= 0.6 is 0 Å². The minimum absolute atomic E-state index is 0.182. The van der Waals surface area contributed by atoms with Crippen LogP contribution in [0.3, 0.4) is 0 Å². The average molecular weight is 1290 g/mol. The minimum Gasteiger partial charge on any atom is -0.477 e. The summed E-state index contributed by atoms with van der Waals surface area (Å²) >= 11 is 0. The van der Waals surface area contributed by atoms with E-state index in [0.717, 1.165) is 122 Å². The van der Waals surface area contributed by atoms with Crippen LogP contribution < -0.4 is 0 Å². The number of ether oxygens (including phenoxy) is 4. The van der Waals surface area contributed by atoms with Crippen LogP contribution in [-0.2, 0) is 33.3 Å². The lowest BCUT2D eigenvalue weighted by atomic mass is 10.0. The Hall–Kier alpha value is -4.83. The fraction of sp³-hybridized carbons (Fsp3) is 0.679. The molecule has 0 saturated carbocycles. The molecule has 0 fully saturated rings. The maximum absolute atomic E-state index is 13.0. The van der Waals surface area contributed by atoms with Crippen molar-refractivity contribution < 1.29 is 42.9 Å². The molecule has 0 bridgehead atoms. The molecule has 93 heavy (non-hydrogen) atoms. The Bertz CT molecular complexity index is 2040. The quantitative estimate of drug-likeness (QED) is 0.0211. The monoisotopic (exact) mass is 1290 g/mol. The first-order valence-electron chi connectivity index (χ1n) is 38.0. The van der Waals surface area contributed by atoms with Crippen molar-refractivity contribution in [3.05, 3.63) is 146 Å². The molecule has 0 radical (unpaired) electrons. The van der Waals surface area contributed by atoms with Gasteiger partial charge in [0.05, 0.1) is 34.4 Å². The summed E-state index contributed by atoms with van der Waals surface area (Å²) in [6, 6.07) is 0. The zero-order valence-corrected chi connectivity index (χ0v) is 60.6. The van der Waals surface area contributed by atoms with Crippen molar-refractivity contribution >= 4 is 17.9 Å². The number of nitrogens with zero attached hydrogens (tertiary/aromatic N) is 1. The Labute approximate surface area is 572 Å². The Kier molecular flexibility index (Phi) is 69.2. The van der Waals surface area contributed by atoms with Crippen LogP contribution in [0.25, 0.3) is 0 Å². The fourth-order valence-corrected chi connectivity index (χ4v) is 10.4. The highest BCUT2D eigenvalue weighted by Crippen LogP contribution is 2.18. The minimum atomic E-state index is -1.52. The van der Waals surface area contributed by atoms with Gasteiger partial charge in [-0.1, -0.05) is 327 Å². The summed E-state index contributed by atoms with van der Waals surface area (Å²) in [6.45, 7) is 4.66. The standard InChI is InChI=1S/C84H141NO8/c1-6-8-10-12-14-16-18-20-22-24-26-28-30-32-34-36-38-40-41-43-45-47-49-51-53-55-57-59-61-63-65-67-69-71-73-75-82(87)93-80(79-92-84(83(88)89)90-77-76-85(3,4)5)78-91-81(86)74-72-70-68-66-64-62-60-58-56-54-52-50-48-46-44-42-39-37-35-33-31-29-27-25-23-21-19-17-15-13-11-9-7-2/h8-11,14-17,20-23,26-29,32,34,38,40,43,45,49,51,80,84H,6-7,12-13,18-19,24-25,30-31,33,35-37,39,41-42,44,46-48,50,52-79H2,1-5H3/p+1/b10-8-,11-9-,16-14-,17-15-,22-20-,23-21-,28-26-,29-27-,34-32-,40-38-,45-43-,51-49-. The Morgan fingerprint density at radius 1 is 0.323 bits per heavy atom. The van der Waals surface area contributed by atoms with Crippen molar-refractivity contribution in [3.8, 4) is 0 Å². The van der Waals surface area contributed by atoms with E-state index in [-0.39, 0.29) is 32.2 Å². The number of carbonyl (C=O) groups is 3. The molecule has 0 aliphatic rings. The van der Waals surface area contributed by atoms with Gasteiger partial charge in [-0.2, -0.15) is 0 Å². The van der Waals surface area contributed by atoms with E-state index >= 15 is 0 Å². The van der Waals surface area contributed by atoms with E-state index in [1.54, 1.807) is 0 Å². The van der Waals surface area contributed by atoms with Crippen LogP contribution in [0, 0.1) is 0 Å². The van der Waals surface area contributed by atoms with Crippen molar-refractivity contribution in [2.24, 2.45) is 0 Å². The molecule has 0 aliphatic carbocycles. The molecule has 2 atom stereocenters. The van der Waals surface area contributed by atoms with Crippen LogP contribution in [0.15, 0.2) is 146 Å². The van der Waals surface area contributed by atoms with Gasteiger partial charge in [-0.05, 0) is 116 Å². The van der Waals surface area contributed by atoms with Gasteiger partial charge in [0.15, 0.2) is 6.10 Å². The van der Waals surface area contributed by atoms with Crippen LogP contribution in [-0.4, -0.2) is 87.4 Å². The lowest BCUT2D eigenvalue weighted by molar-refractivity contribution is -0.870. The molecule has 0 amide bonds. The van der Waals surface area contributed by atoms with Crippen molar-refractivity contribution in [2.75, 3.05) is 47.5 Å². The van der Waals surface area contributed by atoms with Gasteiger partial charge < -0.3 is 28.5 Å². The zero-order valence-electron chi connectivity index (χ0n) is 60.6. The number of allylic oxidation sites excluding steroid dienone is 24. The molecule has 9 nitrogen and oxygen atoms in total. The highest BCUT2D eigenvalue weighted by atomic mass is 16.7. The van der Waals surface area contributed by atoms with E-state index < -0.39 is 24.3 Å². The summed E-state index contributed by atoms with van der Waals surface area (Å²) in [6.07, 6.45) is 104. The molecule has 2 unspecified atom stereocenters. The van der Waals surface area contributed by atoms with Crippen molar-refractivity contribution in [3.63, 3.8) is 0 Å². The number of aliphatic carboxylic acids is 1. The summed E-state index contributed by atoms with van der Waals surface area (Å²) < 4.78 is 23.0. The van der Waals surface area contributed by atoms with Crippen LogP contribution in [0.2, 0.25) is 0 Å². The number of carboxylic acids is 1. The molecular formula is C84H142NO8+. The molecule has 0 rings (SSSR count). The molecule has 0 aliphatic heterocycles. The SMILES string of the molecule is CC/C=C\C/C=C\C/C=C\C/C=C\C/C=C\C/C=C\C/C=C\C/C=C\CCCCCCCCCCCCC(=O)OC(COC(=O)CCCCCCCCCCCCCCCCCCCCCC/C=C\C/C=C\C/C=C\C/C=C\CC)COC(OCC[N+](C)(C)C)C(=O)O. The molecule has 0 aromatic carbocycles. The highest BCUT2D eigenvalue weighted by molar-refractivity contribution is 5.71. The van der Waals surface area contributed by atoms with E-state index in [0.29, 0.717) is 23.9 Å². The Morgan fingerprint density at radius 2 is 0.581 bits per heavy atom. The van der Waals surface area contributed by atoms with E-state index in [1.807, 2.05) is 21.1 Å². The number of esters is 2. The van der Waals surface area contributed by atoms with Gasteiger partial charge in [0.1, 0.15) is 13.2 Å². The first-order valence-corrected chi connectivity index (χ1v) is 38.0. The average Bonchev–Trinajstić information content (AvgIpc) is 3.74. The van der Waals surface area contributed by atoms with Crippen molar-refractivity contribution in [1.82, 2.24) is 0 Å². The van der Waals surface area contributed by atoms with E-state index in [2.05, 4.69) is 160 Å². The first kappa shape index (κ1) is 88.2. The summed E-state index contributed by atoms with van der Waals surface area (Å²) in [5.41, 5.74) is 0. The normalized spacial score (nSPS) is 13.5. The highest BCUT2D eigenvalue weighted by Gasteiger charge is 2.25. The number of rotatable bonds is 69. The second-order valence-corrected chi connectivity index (χ2v) is 26.2. The number of quaternary nitrogens is 1. The molecule has 0 spiro atoms. The second-order valence-electron chi connectivity index (χ2n) is 26.2. The van der Waals surface area contributed by atoms with E-state index in [9.17, 15) is 19.5 Å². The number of hydrogen-bond acceptors (Lipinski definition) is 7. The molecule has 0 heterocycles. The number of likely N-dealkylation sites (N-methyl/N-ethyl adjacent to an activating group) is 1. The maximum atomic E-state index is 13.0. The predicted molar refractivity (Wildman–Crippen MR) is 400 cm³/mol. The molecule has 1 N–H and O–H groups in total. The number of unbranched alkanes of at least 4 members (excludes halogenated alkanes) is 30. The lowest BCUT2D eigenvalue weighted by Crippen LogP contribution is -2.40. The molecule has 9 heteroatoms. The topological polar surface area (TPSA) is 108 Å². The third-order valence-electron chi connectivity index (χ3n) is 16.1. The number of hydrogen-bond donors (Lipinski definition) is 1. The lowest BCUT2D eigenvalue weighted by Gasteiger charge is -2.25. The third kappa shape index (κ3) is 74.4. The molecular weight excluding hydrogens is 1150 g/mol. The van der Waals surface area contributed by atoms with Crippen LogP contribution in [0.4, 0.5) is 0 Å². The molecule has 0 saturated heterocycles. The molecule has 0 aromatic rings. The predicted octanol–water partition coefficient (Wildman–Crippen LogP) is 24.3. The van der Waals surface area contributed by atoms with Gasteiger partial charge in [0.2, 0.25) is 0 Å². The molecule has 0 aromatic heterocycles. The summed E-state index contributed by atoms with van der Waals surface area (Å²) in [4.78, 5) is 37.7. The number of carbonyl (C=O) groups excluding carboxylic acids is 2. The first-order chi connectivity index (χ1) is 45.6. The maximum Gasteiger partial charge on any atom is 0.361 e. The summed E-state index contributed by atoms with van der Waals surface area (Å²) in [7, 11) is 5.98. The second kappa shape index (κ2) is 73.0. The van der Waals surface area contributed by atoms with Crippen LogP contribution in [0.1, 0.15) is 309 Å². The van der Waals surface area contributed by atoms with Crippen molar-refractivity contribution in [2.45, 2.75) is 322 Å². The summed E-state index contributed by atoms with van der Waals surface area (Å²) in [5, 5.41) is 9.77. The van der Waals surface area contributed by atoms with Gasteiger partial charge in [0, 0.05) is 12.8 Å². The number of carboxylic acid groups (broad SMARTS) is 1. The fourth-order valence-electron chi connectivity index (χ4n) is 10.4. The largest absolute Gasteiger partial charge is 0.477 e.